The fourth-order valence-corrected chi connectivity index (χ4v) is 2.98. The SMILES string of the molecule is CC(C)C(Br)C(=O)N1CCC(N2CCNC2=O)CC1. The van der Waals surface area contributed by atoms with E-state index < -0.39 is 0 Å². The first-order valence-corrected chi connectivity index (χ1v) is 7.89. The molecule has 2 aliphatic rings. The highest BCUT2D eigenvalue weighted by molar-refractivity contribution is 9.10. The normalized spacial score (nSPS) is 22.8. The number of carbonyl (C=O) groups excluding carboxylic acids is 2. The third-order valence-electron chi connectivity index (χ3n) is 3.93. The van der Waals surface area contributed by atoms with Crippen LogP contribution >= 0.6 is 15.9 Å². The van der Waals surface area contributed by atoms with E-state index in [1.54, 1.807) is 0 Å². The number of halogens is 1. The van der Waals surface area contributed by atoms with Crippen LogP contribution in [-0.4, -0.2) is 58.8 Å². The van der Waals surface area contributed by atoms with Crippen molar-refractivity contribution in [2.24, 2.45) is 5.92 Å². The molecule has 2 aliphatic heterocycles. The van der Waals surface area contributed by atoms with E-state index in [1.807, 2.05) is 23.6 Å². The number of urea groups is 1. The second-order valence-corrected chi connectivity index (χ2v) is 6.61. The Morgan fingerprint density at radius 3 is 2.42 bits per heavy atom. The Morgan fingerprint density at radius 1 is 1.32 bits per heavy atom. The van der Waals surface area contributed by atoms with Gasteiger partial charge >= 0.3 is 6.03 Å². The molecule has 108 valence electrons. The van der Waals surface area contributed by atoms with Crippen LogP contribution in [0.5, 0.6) is 0 Å². The molecular weight excluding hydrogens is 310 g/mol. The molecule has 0 aromatic carbocycles. The summed E-state index contributed by atoms with van der Waals surface area (Å²) in [5.41, 5.74) is 0. The molecule has 0 aromatic heterocycles. The predicted molar refractivity (Wildman–Crippen MR) is 77.3 cm³/mol. The molecular formula is C13H22BrN3O2. The quantitative estimate of drug-likeness (QED) is 0.795. The highest BCUT2D eigenvalue weighted by atomic mass is 79.9. The summed E-state index contributed by atoms with van der Waals surface area (Å²) in [6.07, 6.45) is 1.77. The molecule has 0 bridgehead atoms. The summed E-state index contributed by atoms with van der Waals surface area (Å²) in [5, 5.41) is 2.83. The lowest BCUT2D eigenvalue weighted by Gasteiger charge is -2.37. The molecule has 19 heavy (non-hydrogen) atoms. The summed E-state index contributed by atoms with van der Waals surface area (Å²) in [7, 11) is 0. The van der Waals surface area contributed by atoms with E-state index in [2.05, 4.69) is 21.2 Å². The summed E-state index contributed by atoms with van der Waals surface area (Å²) in [4.78, 5) is 27.6. The number of piperidine rings is 1. The number of hydrogen-bond acceptors (Lipinski definition) is 2. The molecule has 0 radical (unpaired) electrons. The van der Waals surface area contributed by atoms with Crippen molar-refractivity contribution in [3.05, 3.63) is 0 Å². The molecule has 1 N–H and O–H groups in total. The molecule has 2 saturated heterocycles. The first kappa shape index (κ1) is 14.6. The average Bonchev–Trinajstić information content (AvgIpc) is 2.83. The van der Waals surface area contributed by atoms with Crippen molar-refractivity contribution in [1.82, 2.24) is 15.1 Å². The van der Waals surface area contributed by atoms with Gasteiger partial charge in [-0.1, -0.05) is 29.8 Å². The third-order valence-corrected chi connectivity index (χ3v) is 5.38. The number of alkyl halides is 1. The zero-order valence-electron chi connectivity index (χ0n) is 11.6. The lowest BCUT2D eigenvalue weighted by atomic mass is 10.0. The minimum Gasteiger partial charge on any atom is -0.342 e. The van der Waals surface area contributed by atoms with E-state index in [-0.39, 0.29) is 16.8 Å². The van der Waals surface area contributed by atoms with Crippen LogP contribution in [0.2, 0.25) is 0 Å². The lowest BCUT2D eigenvalue weighted by Crippen LogP contribution is -2.49. The van der Waals surface area contributed by atoms with Crippen LogP contribution in [0.25, 0.3) is 0 Å². The highest BCUT2D eigenvalue weighted by Gasteiger charge is 2.33. The maximum absolute atomic E-state index is 12.2. The Morgan fingerprint density at radius 2 is 1.95 bits per heavy atom. The summed E-state index contributed by atoms with van der Waals surface area (Å²) in [5.74, 6) is 0.480. The van der Waals surface area contributed by atoms with Crippen molar-refractivity contribution in [1.29, 1.82) is 0 Å². The largest absolute Gasteiger partial charge is 0.342 e. The Kier molecular flexibility index (Phi) is 4.71. The maximum atomic E-state index is 12.2. The van der Waals surface area contributed by atoms with Crippen LogP contribution in [0.4, 0.5) is 4.79 Å². The first-order valence-electron chi connectivity index (χ1n) is 6.98. The Balaban J connectivity index is 1.85. The smallest absolute Gasteiger partial charge is 0.317 e. The van der Waals surface area contributed by atoms with Gasteiger partial charge in [-0.25, -0.2) is 4.79 Å². The van der Waals surface area contributed by atoms with Gasteiger partial charge in [0.05, 0.1) is 4.83 Å². The van der Waals surface area contributed by atoms with Gasteiger partial charge < -0.3 is 15.1 Å². The van der Waals surface area contributed by atoms with E-state index in [4.69, 9.17) is 0 Å². The Hall–Kier alpha value is -0.780. The van der Waals surface area contributed by atoms with Crippen LogP contribution in [0.15, 0.2) is 0 Å². The third kappa shape index (κ3) is 3.22. The van der Waals surface area contributed by atoms with E-state index in [1.165, 1.54) is 0 Å². The molecule has 1 atom stereocenters. The van der Waals surface area contributed by atoms with Gasteiger partial charge in [-0.2, -0.15) is 0 Å². The molecule has 2 heterocycles. The number of likely N-dealkylation sites (tertiary alicyclic amines) is 1. The lowest BCUT2D eigenvalue weighted by molar-refractivity contribution is -0.132. The van der Waals surface area contributed by atoms with Crippen molar-refractivity contribution in [3.63, 3.8) is 0 Å². The van der Waals surface area contributed by atoms with Crippen LogP contribution in [-0.2, 0) is 4.79 Å². The fourth-order valence-electron chi connectivity index (χ4n) is 2.69. The Bertz CT molecular complexity index is 354. The molecule has 6 heteroatoms. The zero-order valence-corrected chi connectivity index (χ0v) is 13.1. The standard InChI is InChI=1S/C13H22BrN3O2/c1-9(2)11(14)12(18)16-6-3-10(4-7-16)17-8-5-15-13(17)19/h9-11H,3-8H2,1-2H3,(H,15,19). The summed E-state index contributed by atoms with van der Waals surface area (Å²) in [6, 6.07) is 0.338. The molecule has 5 nitrogen and oxygen atoms in total. The summed E-state index contributed by atoms with van der Waals surface area (Å²) >= 11 is 3.47. The van der Waals surface area contributed by atoms with Gasteiger partial charge in [0.2, 0.25) is 5.91 Å². The number of hydrogen-bond donors (Lipinski definition) is 1. The molecule has 2 rings (SSSR count). The predicted octanol–water partition coefficient (Wildman–Crippen LogP) is 1.42. The number of nitrogens with zero attached hydrogens (tertiary/aromatic N) is 2. The van der Waals surface area contributed by atoms with Gasteiger partial charge in [-0.05, 0) is 18.8 Å². The molecule has 0 aromatic rings. The monoisotopic (exact) mass is 331 g/mol. The van der Waals surface area contributed by atoms with Crippen molar-refractivity contribution < 1.29 is 9.59 Å². The van der Waals surface area contributed by atoms with Gasteiger partial charge in [0.15, 0.2) is 0 Å². The minimum absolute atomic E-state index is 0.0466. The van der Waals surface area contributed by atoms with E-state index in [0.717, 1.165) is 39.0 Å². The minimum atomic E-state index is -0.0980. The van der Waals surface area contributed by atoms with Crippen molar-refractivity contribution in [2.75, 3.05) is 26.2 Å². The number of amides is 3. The van der Waals surface area contributed by atoms with E-state index in [9.17, 15) is 9.59 Å². The van der Waals surface area contributed by atoms with Crippen LogP contribution in [0.1, 0.15) is 26.7 Å². The van der Waals surface area contributed by atoms with Crippen molar-refractivity contribution in [2.45, 2.75) is 37.6 Å². The number of carbonyl (C=O) groups is 2. The molecule has 0 spiro atoms. The van der Waals surface area contributed by atoms with Gasteiger partial charge in [-0.15, -0.1) is 0 Å². The molecule has 2 fully saturated rings. The van der Waals surface area contributed by atoms with E-state index >= 15 is 0 Å². The summed E-state index contributed by atoms with van der Waals surface area (Å²) < 4.78 is 0. The van der Waals surface area contributed by atoms with E-state index in [0.29, 0.717) is 12.0 Å². The topological polar surface area (TPSA) is 52.7 Å². The van der Waals surface area contributed by atoms with Gasteiger partial charge in [0.25, 0.3) is 0 Å². The second-order valence-electron chi connectivity index (χ2n) is 5.63. The van der Waals surface area contributed by atoms with Crippen LogP contribution in [0, 0.1) is 5.92 Å². The zero-order chi connectivity index (χ0) is 14.0. The number of rotatable bonds is 3. The van der Waals surface area contributed by atoms with Crippen LogP contribution < -0.4 is 5.32 Å². The van der Waals surface area contributed by atoms with Gasteiger partial charge in [0.1, 0.15) is 0 Å². The second kappa shape index (κ2) is 6.11. The van der Waals surface area contributed by atoms with Crippen LogP contribution in [0.3, 0.4) is 0 Å². The number of nitrogens with one attached hydrogen (secondary N) is 1. The average molecular weight is 332 g/mol. The highest BCUT2D eigenvalue weighted by Crippen LogP contribution is 2.22. The van der Waals surface area contributed by atoms with Crippen molar-refractivity contribution in [3.8, 4) is 0 Å². The molecule has 0 aliphatic carbocycles. The summed E-state index contributed by atoms with van der Waals surface area (Å²) in [6.45, 7) is 7.13. The van der Waals surface area contributed by atoms with Crippen molar-refractivity contribution >= 4 is 27.9 Å². The first-order chi connectivity index (χ1) is 9.00. The van der Waals surface area contributed by atoms with Gasteiger partial charge in [-0.3, -0.25) is 4.79 Å². The molecule has 1 unspecified atom stereocenters. The van der Waals surface area contributed by atoms with Gasteiger partial charge in [0, 0.05) is 32.2 Å². The maximum Gasteiger partial charge on any atom is 0.317 e. The molecule has 0 saturated carbocycles. The fraction of sp³-hybridized carbons (Fsp3) is 0.846. The molecule has 3 amide bonds. The Labute approximate surface area is 122 Å².